The standard InChI is InChI=1S/C24H38N4O4S/c1-5-28(6-2)33(31,32)20-9-10-22(26-13-7-8-14-26)21(17-20)23(29)25-19-11-15-27(16-12-19)24(30)18(3)4/h9-10,17-19H,5-8,11-16H2,1-4H3,(H,25,29). The molecule has 1 aromatic carbocycles. The van der Waals surface area contributed by atoms with Crippen LogP contribution in [0.5, 0.6) is 0 Å². The highest BCUT2D eigenvalue weighted by Gasteiger charge is 2.29. The molecule has 9 heteroatoms. The Balaban J connectivity index is 1.82. The highest BCUT2D eigenvalue weighted by atomic mass is 32.2. The Kier molecular flexibility index (Phi) is 8.39. The summed E-state index contributed by atoms with van der Waals surface area (Å²) >= 11 is 0. The summed E-state index contributed by atoms with van der Waals surface area (Å²) < 4.78 is 27.6. The number of amides is 2. The van der Waals surface area contributed by atoms with E-state index in [2.05, 4.69) is 10.2 Å². The molecule has 0 aromatic heterocycles. The summed E-state index contributed by atoms with van der Waals surface area (Å²) in [6.07, 6.45) is 3.51. The zero-order chi connectivity index (χ0) is 24.2. The van der Waals surface area contributed by atoms with Crippen molar-refractivity contribution in [1.82, 2.24) is 14.5 Å². The van der Waals surface area contributed by atoms with Crippen LogP contribution in [0, 0.1) is 5.92 Å². The molecule has 33 heavy (non-hydrogen) atoms. The molecule has 2 aliphatic rings. The number of sulfonamides is 1. The SMILES string of the molecule is CCN(CC)S(=O)(=O)c1ccc(N2CCCC2)c(C(=O)NC2CCN(C(=O)C(C)C)CC2)c1. The van der Waals surface area contributed by atoms with Crippen molar-refractivity contribution in [2.75, 3.05) is 44.2 Å². The Bertz CT molecular complexity index is 945. The minimum atomic E-state index is -3.66. The maximum Gasteiger partial charge on any atom is 0.253 e. The molecule has 2 amide bonds. The maximum absolute atomic E-state index is 13.4. The summed E-state index contributed by atoms with van der Waals surface area (Å²) in [5, 5.41) is 3.11. The zero-order valence-electron chi connectivity index (χ0n) is 20.3. The fourth-order valence-corrected chi connectivity index (χ4v) is 6.16. The number of rotatable bonds is 8. The van der Waals surface area contributed by atoms with E-state index < -0.39 is 10.0 Å². The van der Waals surface area contributed by atoms with Crippen LogP contribution in [-0.2, 0) is 14.8 Å². The lowest BCUT2D eigenvalue weighted by Gasteiger charge is -2.33. The largest absolute Gasteiger partial charge is 0.371 e. The van der Waals surface area contributed by atoms with Gasteiger partial charge in [-0.25, -0.2) is 8.42 Å². The Morgan fingerprint density at radius 1 is 1.06 bits per heavy atom. The summed E-state index contributed by atoms with van der Waals surface area (Å²) in [6, 6.07) is 4.89. The molecular formula is C24H38N4O4S. The number of hydrogen-bond donors (Lipinski definition) is 1. The van der Waals surface area contributed by atoms with Crippen LogP contribution in [0.2, 0.25) is 0 Å². The number of nitrogens with one attached hydrogen (secondary N) is 1. The minimum Gasteiger partial charge on any atom is -0.371 e. The van der Waals surface area contributed by atoms with Crippen LogP contribution in [0.1, 0.15) is 63.7 Å². The first-order valence-electron chi connectivity index (χ1n) is 12.2. The number of carbonyl (C=O) groups is 2. The molecule has 0 spiro atoms. The number of piperidine rings is 1. The second-order valence-corrected chi connectivity index (χ2v) is 11.1. The van der Waals surface area contributed by atoms with Gasteiger partial charge in [-0.1, -0.05) is 27.7 Å². The van der Waals surface area contributed by atoms with Gasteiger partial charge >= 0.3 is 0 Å². The molecule has 2 fully saturated rings. The second-order valence-electron chi connectivity index (χ2n) is 9.19. The zero-order valence-corrected chi connectivity index (χ0v) is 21.2. The smallest absolute Gasteiger partial charge is 0.253 e. The Labute approximate surface area is 198 Å². The summed E-state index contributed by atoms with van der Waals surface area (Å²) in [4.78, 5) is 29.8. The molecule has 1 N–H and O–H groups in total. The van der Waals surface area contributed by atoms with Crippen molar-refractivity contribution in [3.8, 4) is 0 Å². The Morgan fingerprint density at radius 3 is 2.21 bits per heavy atom. The lowest BCUT2D eigenvalue weighted by molar-refractivity contribution is -0.135. The molecule has 0 radical (unpaired) electrons. The molecule has 0 unspecified atom stereocenters. The topological polar surface area (TPSA) is 90.0 Å². The lowest BCUT2D eigenvalue weighted by atomic mass is 10.0. The average molecular weight is 479 g/mol. The van der Waals surface area contributed by atoms with Crippen LogP contribution in [0.4, 0.5) is 5.69 Å². The molecule has 3 rings (SSSR count). The van der Waals surface area contributed by atoms with Gasteiger partial charge in [-0.2, -0.15) is 4.31 Å². The van der Waals surface area contributed by atoms with Gasteiger partial charge in [0.25, 0.3) is 5.91 Å². The fraction of sp³-hybridized carbons (Fsp3) is 0.667. The van der Waals surface area contributed by atoms with Gasteiger partial charge in [0.15, 0.2) is 0 Å². The van der Waals surface area contributed by atoms with E-state index in [0.717, 1.165) is 31.6 Å². The van der Waals surface area contributed by atoms with Crippen LogP contribution in [0.25, 0.3) is 0 Å². The summed E-state index contributed by atoms with van der Waals surface area (Å²) in [5.74, 6) is -0.137. The molecular weight excluding hydrogens is 440 g/mol. The molecule has 8 nitrogen and oxygen atoms in total. The lowest BCUT2D eigenvalue weighted by Crippen LogP contribution is -2.47. The molecule has 0 bridgehead atoms. The van der Waals surface area contributed by atoms with Gasteiger partial charge in [0.2, 0.25) is 15.9 Å². The van der Waals surface area contributed by atoms with Crippen molar-refractivity contribution in [2.45, 2.75) is 64.3 Å². The number of hydrogen-bond acceptors (Lipinski definition) is 5. The monoisotopic (exact) mass is 478 g/mol. The van der Waals surface area contributed by atoms with E-state index in [-0.39, 0.29) is 28.7 Å². The first kappa shape index (κ1) is 25.5. The van der Waals surface area contributed by atoms with Gasteiger partial charge < -0.3 is 15.1 Å². The normalized spacial score (nSPS) is 17.8. The van der Waals surface area contributed by atoms with E-state index in [4.69, 9.17) is 0 Å². The van der Waals surface area contributed by atoms with Gasteiger partial charge in [0.1, 0.15) is 0 Å². The average Bonchev–Trinajstić information content (AvgIpc) is 3.34. The molecule has 2 saturated heterocycles. The van der Waals surface area contributed by atoms with E-state index in [1.807, 2.05) is 32.6 Å². The second kappa shape index (κ2) is 10.9. The van der Waals surface area contributed by atoms with Crippen LogP contribution in [-0.4, -0.2) is 74.7 Å². The van der Waals surface area contributed by atoms with Crippen molar-refractivity contribution < 1.29 is 18.0 Å². The van der Waals surface area contributed by atoms with Crippen molar-refractivity contribution in [2.24, 2.45) is 5.92 Å². The first-order chi connectivity index (χ1) is 15.7. The van der Waals surface area contributed by atoms with Crippen molar-refractivity contribution in [1.29, 1.82) is 0 Å². The van der Waals surface area contributed by atoms with E-state index in [9.17, 15) is 18.0 Å². The summed E-state index contributed by atoms with van der Waals surface area (Å²) in [5.41, 5.74) is 1.20. The number of benzene rings is 1. The number of carbonyl (C=O) groups excluding carboxylic acids is 2. The molecule has 184 valence electrons. The Morgan fingerprint density at radius 2 is 1.67 bits per heavy atom. The molecule has 0 atom stereocenters. The highest BCUT2D eigenvalue weighted by Crippen LogP contribution is 2.29. The quantitative estimate of drug-likeness (QED) is 0.621. The van der Waals surface area contributed by atoms with Gasteiger partial charge in [-0.15, -0.1) is 0 Å². The van der Waals surface area contributed by atoms with Crippen LogP contribution >= 0.6 is 0 Å². The summed E-state index contributed by atoms with van der Waals surface area (Å²) in [7, 11) is -3.66. The van der Waals surface area contributed by atoms with E-state index in [1.165, 1.54) is 10.4 Å². The van der Waals surface area contributed by atoms with E-state index >= 15 is 0 Å². The molecule has 1 aromatic rings. The number of nitrogens with zero attached hydrogens (tertiary/aromatic N) is 3. The van der Waals surface area contributed by atoms with E-state index in [1.54, 1.807) is 12.1 Å². The number of anilines is 1. The Hall–Kier alpha value is -2.13. The predicted molar refractivity (Wildman–Crippen MR) is 130 cm³/mol. The summed E-state index contributed by atoms with van der Waals surface area (Å²) in [6.45, 7) is 11.1. The third kappa shape index (κ3) is 5.69. The van der Waals surface area contributed by atoms with Crippen molar-refractivity contribution in [3.63, 3.8) is 0 Å². The first-order valence-corrected chi connectivity index (χ1v) is 13.6. The van der Waals surface area contributed by atoms with Gasteiger partial charge in [-0.05, 0) is 43.9 Å². The van der Waals surface area contributed by atoms with Crippen molar-refractivity contribution >= 4 is 27.5 Å². The van der Waals surface area contributed by atoms with Gasteiger partial charge in [-0.3, -0.25) is 9.59 Å². The predicted octanol–water partition coefficient (Wildman–Crippen LogP) is 2.69. The third-order valence-electron chi connectivity index (χ3n) is 6.64. The number of likely N-dealkylation sites (tertiary alicyclic amines) is 1. The van der Waals surface area contributed by atoms with Crippen molar-refractivity contribution in [3.05, 3.63) is 23.8 Å². The molecule has 0 aliphatic carbocycles. The minimum absolute atomic E-state index is 0.0327. The van der Waals surface area contributed by atoms with Crippen LogP contribution in [0.3, 0.4) is 0 Å². The van der Waals surface area contributed by atoms with Gasteiger partial charge in [0.05, 0.1) is 10.5 Å². The third-order valence-corrected chi connectivity index (χ3v) is 8.68. The van der Waals surface area contributed by atoms with Gasteiger partial charge in [0, 0.05) is 56.9 Å². The molecule has 2 aliphatic heterocycles. The fourth-order valence-electron chi connectivity index (χ4n) is 4.68. The van der Waals surface area contributed by atoms with E-state index in [0.29, 0.717) is 44.6 Å². The highest BCUT2D eigenvalue weighted by molar-refractivity contribution is 7.89. The van der Waals surface area contributed by atoms with Crippen LogP contribution in [0.15, 0.2) is 23.1 Å². The van der Waals surface area contributed by atoms with Crippen LogP contribution < -0.4 is 10.2 Å². The maximum atomic E-state index is 13.4. The molecule has 0 saturated carbocycles. The molecule has 2 heterocycles.